The van der Waals surface area contributed by atoms with E-state index in [0.29, 0.717) is 12.2 Å². The second kappa shape index (κ2) is 6.23. The molecule has 3 N–H and O–H groups in total. The maximum atomic E-state index is 5.56. The number of nitrogens with one attached hydrogen (secondary N) is 1. The summed E-state index contributed by atoms with van der Waals surface area (Å²) >= 11 is 0. The largest absolute Gasteiger partial charge is 0.271 e. The van der Waals surface area contributed by atoms with Gasteiger partial charge in [-0.1, -0.05) is 30.3 Å². The monoisotopic (exact) mass is 246 g/mol. The number of hydrogen-bond acceptors (Lipinski definition) is 5. The highest BCUT2D eigenvalue weighted by Crippen LogP contribution is 2.07. The average molecular weight is 246 g/mol. The molecule has 2 aromatic rings. The molecule has 6 nitrogen and oxygen atoms in total. The van der Waals surface area contributed by atoms with Crippen molar-refractivity contribution in [1.82, 2.24) is 25.6 Å². The number of aromatic nitrogens is 4. The molecule has 2 rings (SSSR count). The van der Waals surface area contributed by atoms with Gasteiger partial charge >= 0.3 is 0 Å². The summed E-state index contributed by atoms with van der Waals surface area (Å²) in [6.45, 7) is 0. The van der Waals surface area contributed by atoms with Gasteiger partial charge in [0.05, 0.1) is 7.05 Å². The van der Waals surface area contributed by atoms with Gasteiger partial charge in [-0.3, -0.25) is 11.3 Å². The van der Waals surface area contributed by atoms with Crippen LogP contribution in [0.2, 0.25) is 0 Å². The van der Waals surface area contributed by atoms with E-state index in [9.17, 15) is 0 Å². The summed E-state index contributed by atoms with van der Waals surface area (Å²) in [6.07, 6.45) is 2.62. The van der Waals surface area contributed by atoms with E-state index in [2.05, 4.69) is 33.0 Å². The van der Waals surface area contributed by atoms with Crippen LogP contribution in [0, 0.1) is 0 Å². The number of aryl methyl sites for hydroxylation is 2. The molecule has 1 aromatic heterocycles. The van der Waals surface area contributed by atoms with Gasteiger partial charge in [-0.15, -0.1) is 10.2 Å². The molecule has 6 heteroatoms. The third-order valence-electron chi connectivity index (χ3n) is 2.84. The molecule has 0 bridgehead atoms. The summed E-state index contributed by atoms with van der Waals surface area (Å²) in [7, 11) is 1.76. The Kier molecular flexibility index (Phi) is 4.38. The second-order valence-electron chi connectivity index (χ2n) is 4.29. The van der Waals surface area contributed by atoms with Crippen molar-refractivity contribution in [2.24, 2.45) is 12.9 Å². The van der Waals surface area contributed by atoms with Crippen LogP contribution in [0.25, 0.3) is 0 Å². The molecule has 96 valence electrons. The third-order valence-corrected chi connectivity index (χ3v) is 2.84. The first-order valence-electron chi connectivity index (χ1n) is 6.01. The fourth-order valence-electron chi connectivity index (χ4n) is 1.86. The summed E-state index contributed by atoms with van der Waals surface area (Å²) < 4.78 is 0. The third kappa shape index (κ3) is 3.61. The first-order chi connectivity index (χ1) is 8.78. The minimum absolute atomic E-state index is 0.161. The average Bonchev–Trinajstić information content (AvgIpc) is 2.81. The van der Waals surface area contributed by atoms with Gasteiger partial charge in [0, 0.05) is 12.5 Å². The topological polar surface area (TPSA) is 81.7 Å². The molecule has 1 unspecified atom stereocenters. The summed E-state index contributed by atoms with van der Waals surface area (Å²) in [4.78, 5) is 1.46. The van der Waals surface area contributed by atoms with Gasteiger partial charge in [-0.05, 0) is 23.6 Å². The zero-order chi connectivity index (χ0) is 12.8. The fraction of sp³-hybridized carbons (Fsp3) is 0.417. The number of benzene rings is 1. The molecule has 0 spiro atoms. The summed E-state index contributed by atoms with van der Waals surface area (Å²) in [5.41, 5.74) is 4.12. The standard InChI is InChI=1S/C12H18N6/c1-18-16-12(15-17-18)9-11(14-13)8-7-10-5-3-2-4-6-10/h2-6,11,14H,7-9,13H2,1H3. The lowest BCUT2D eigenvalue weighted by molar-refractivity contribution is 0.481. The zero-order valence-electron chi connectivity index (χ0n) is 10.5. The molecule has 0 saturated carbocycles. The Morgan fingerprint density at radius 3 is 2.72 bits per heavy atom. The van der Waals surface area contributed by atoms with Gasteiger partial charge in [0.2, 0.25) is 0 Å². The van der Waals surface area contributed by atoms with Gasteiger partial charge in [0.15, 0.2) is 5.82 Å². The van der Waals surface area contributed by atoms with E-state index in [1.807, 2.05) is 18.2 Å². The van der Waals surface area contributed by atoms with Crippen molar-refractivity contribution in [1.29, 1.82) is 0 Å². The van der Waals surface area contributed by atoms with Crippen molar-refractivity contribution in [3.05, 3.63) is 41.7 Å². The number of nitrogens with two attached hydrogens (primary N) is 1. The molecule has 1 heterocycles. The van der Waals surface area contributed by atoms with E-state index in [-0.39, 0.29) is 6.04 Å². The van der Waals surface area contributed by atoms with Crippen molar-refractivity contribution in [3.63, 3.8) is 0 Å². The van der Waals surface area contributed by atoms with Crippen molar-refractivity contribution >= 4 is 0 Å². The molecule has 0 aliphatic heterocycles. The molecule has 1 atom stereocenters. The number of hydrogen-bond donors (Lipinski definition) is 2. The molecule has 1 aromatic carbocycles. The van der Waals surface area contributed by atoms with Crippen LogP contribution in [0.4, 0.5) is 0 Å². The minimum Gasteiger partial charge on any atom is -0.271 e. The van der Waals surface area contributed by atoms with Crippen LogP contribution in [0.1, 0.15) is 17.8 Å². The Bertz CT molecular complexity index is 466. The van der Waals surface area contributed by atoms with Crippen LogP contribution in [0.3, 0.4) is 0 Å². The van der Waals surface area contributed by atoms with Gasteiger partial charge in [-0.25, -0.2) is 0 Å². The number of tetrazole rings is 1. The molecule has 18 heavy (non-hydrogen) atoms. The summed E-state index contributed by atoms with van der Waals surface area (Å²) in [5.74, 6) is 6.28. The molecular formula is C12H18N6. The predicted octanol–water partition coefficient (Wildman–Crippen LogP) is 0.217. The smallest absolute Gasteiger partial charge is 0.176 e. The van der Waals surface area contributed by atoms with Crippen LogP contribution >= 0.6 is 0 Å². The van der Waals surface area contributed by atoms with Crippen LogP contribution < -0.4 is 11.3 Å². The number of rotatable bonds is 6. The van der Waals surface area contributed by atoms with Crippen LogP contribution in [-0.4, -0.2) is 26.2 Å². The van der Waals surface area contributed by atoms with E-state index in [1.165, 1.54) is 10.4 Å². The van der Waals surface area contributed by atoms with Crippen molar-refractivity contribution < 1.29 is 0 Å². The normalized spacial score (nSPS) is 12.6. The minimum atomic E-state index is 0.161. The highest BCUT2D eigenvalue weighted by atomic mass is 15.6. The van der Waals surface area contributed by atoms with E-state index >= 15 is 0 Å². The number of hydrazine groups is 1. The van der Waals surface area contributed by atoms with Crippen LogP contribution in [0.15, 0.2) is 30.3 Å². The lowest BCUT2D eigenvalue weighted by Gasteiger charge is -2.13. The van der Waals surface area contributed by atoms with Gasteiger partial charge < -0.3 is 0 Å². The Morgan fingerprint density at radius 2 is 2.11 bits per heavy atom. The van der Waals surface area contributed by atoms with E-state index in [1.54, 1.807) is 7.05 Å². The molecule has 0 aliphatic carbocycles. The molecule has 0 saturated heterocycles. The zero-order valence-corrected chi connectivity index (χ0v) is 10.5. The number of nitrogens with zero attached hydrogens (tertiary/aromatic N) is 4. The van der Waals surface area contributed by atoms with Gasteiger partial charge in [0.1, 0.15) is 0 Å². The quantitative estimate of drug-likeness (QED) is 0.563. The lowest BCUT2D eigenvalue weighted by atomic mass is 10.0. The Balaban J connectivity index is 1.86. The molecule has 0 radical (unpaired) electrons. The van der Waals surface area contributed by atoms with Crippen LogP contribution in [0.5, 0.6) is 0 Å². The predicted molar refractivity (Wildman–Crippen MR) is 68.4 cm³/mol. The highest BCUT2D eigenvalue weighted by molar-refractivity contribution is 5.14. The van der Waals surface area contributed by atoms with Crippen molar-refractivity contribution in [2.75, 3.05) is 0 Å². The van der Waals surface area contributed by atoms with E-state index < -0.39 is 0 Å². The molecule has 0 amide bonds. The Hall–Kier alpha value is -1.79. The fourth-order valence-corrected chi connectivity index (χ4v) is 1.86. The van der Waals surface area contributed by atoms with E-state index in [4.69, 9.17) is 5.84 Å². The molecule has 0 aliphatic rings. The Morgan fingerprint density at radius 1 is 1.33 bits per heavy atom. The molecule has 0 fully saturated rings. The summed E-state index contributed by atoms with van der Waals surface area (Å²) in [5, 5.41) is 11.9. The Labute approximate surface area is 106 Å². The van der Waals surface area contributed by atoms with Gasteiger partial charge in [0.25, 0.3) is 0 Å². The first-order valence-corrected chi connectivity index (χ1v) is 6.01. The summed E-state index contributed by atoms with van der Waals surface area (Å²) in [6, 6.07) is 10.5. The highest BCUT2D eigenvalue weighted by Gasteiger charge is 2.11. The van der Waals surface area contributed by atoms with Crippen molar-refractivity contribution in [2.45, 2.75) is 25.3 Å². The first kappa shape index (κ1) is 12.7. The van der Waals surface area contributed by atoms with E-state index in [0.717, 1.165) is 12.8 Å². The van der Waals surface area contributed by atoms with Crippen LogP contribution in [-0.2, 0) is 19.9 Å². The van der Waals surface area contributed by atoms with Gasteiger partial charge in [-0.2, -0.15) is 4.80 Å². The molecular weight excluding hydrogens is 228 g/mol. The lowest BCUT2D eigenvalue weighted by Crippen LogP contribution is -2.37. The second-order valence-corrected chi connectivity index (χ2v) is 4.29. The SMILES string of the molecule is Cn1nnc(CC(CCc2ccccc2)NN)n1. The maximum absolute atomic E-state index is 5.56. The maximum Gasteiger partial charge on any atom is 0.176 e. The van der Waals surface area contributed by atoms with Crippen molar-refractivity contribution in [3.8, 4) is 0 Å².